The van der Waals surface area contributed by atoms with E-state index >= 15 is 0 Å². The Bertz CT molecular complexity index is 869. The Hall–Kier alpha value is -3.54. The van der Waals surface area contributed by atoms with Gasteiger partial charge in [0, 0.05) is 36.9 Å². The average Bonchev–Trinajstić information content (AvgIpc) is 2.72. The zero-order chi connectivity index (χ0) is 19.9. The Morgan fingerprint density at radius 3 is 1.39 bits per heavy atom. The number of nitrogens with zero attached hydrogens (tertiary/aromatic N) is 2. The number of benzene rings is 1. The number of carbonyl (C=O) groups excluding carboxylic acids is 2. The molecule has 28 heavy (non-hydrogen) atoms. The maximum absolute atomic E-state index is 12.1. The smallest absolute Gasteiger partial charge is 0.253 e. The lowest BCUT2D eigenvalue weighted by molar-refractivity contribution is 0.0942. The molecule has 3 aromatic rings. The number of rotatable bonds is 6. The summed E-state index contributed by atoms with van der Waals surface area (Å²) in [4.78, 5) is 32.5. The molecular weight excluding hydrogens is 352 g/mol. The molecule has 0 aliphatic carbocycles. The first kappa shape index (κ1) is 19.2. The first-order valence-electron chi connectivity index (χ1n) is 9.01. The standard InChI is InChI=1S/C22H22N4O2/c1-15-3-9-19(13-23-15)21(27)25-11-17-5-7-18(8-6-17)12-26-22(28)20-10-4-16(2)24-14-20/h3-10,13-14H,11-12H2,1-2H3,(H,25,27)(H,26,28). The number of nitrogens with one attached hydrogen (secondary N) is 2. The molecule has 2 aromatic heterocycles. The number of amides is 2. The van der Waals surface area contributed by atoms with Crippen LogP contribution in [0.15, 0.2) is 60.9 Å². The Labute approximate surface area is 164 Å². The van der Waals surface area contributed by atoms with E-state index in [1.165, 1.54) is 0 Å². The van der Waals surface area contributed by atoms with Crippen LogP contribution in [0.5, 0.6) is 0 Å². The normalized spacial score (nSPS) is 10.4. The summed E-state index contributed by atoms with van der Waals surface area (Å²) < 4.78 is 0. The van der Waals surface area contributed by atoms with Crippen LogP contribution in [-0.2, 0) is 13.1 Å². The van der Waals surface area contributed by atoms with Gasteiger partial charge in [0.25, 0.3) is 11.8 Å². The zero-order valence-electron chi connectivity index (χ0n) is 15.9. The van der Waals surface area contributed by atoms with Crippen molar-refractivity contribution in [2.75, 3.05) is 0 Å². The molecule has 0 saturated heterocycles. The molecule has 0 saturated carbocycles. The van der Waals surface area contributed by atoms with E-state index in [0.717, 1.165) is 22.5 Å². The van der Waals surface area contributed by atoms with E-state index in [1.54, 1.807) is 24.5 Å². The second-order valence-electron chi connectivity index (χ2n) is 6.56. The molecule has 142 valence electrons. The van der Waals surface area contributed by atoms with Gasteiger partial charge in [-0.2, -0.15) is 0 Å². The third kappa shape index (κ3) is 5.23. The Morgan fingerprint density at radius 2 is 1.07 bits per heavy atom. The van der Waals surface area contributed by atoms with Gasteiger partial charge < -0.3 is 10.6 Å². The average molecular weight is 374 g/mol. The van der Waals surface area contributed by atoms with Crippen molar-refractivity contribution in [1.29, 1.82) is 0 Å². The largest absolute Gasteiger partial charge is 0.348 e. The van der Waals surface area contributed by atoms with Crippen molar-refractivity contribution in [3.63, 3.8) is 0 Å². The van der Waals surface area contributed by atoms with Crippen molar-refractivity contribution in [1.82, 2.24) is 20.6 Å². The number of hydrogen-bond acceptors (Lipinski definition) is 4. The Kier molecular flexibility index (Phi) is 6.11. The second kappa shape index (κ2) is 8.90. The van der Waals surface area contributed by atoms with E-state index < -0.39 is 0 Å². The van der Waals surface area contributed by atoms with Crippen LogP contribution < -0.4 is 10.6 Å². The number of pyridine rings is 2. The lowest BCUT2D eigenvalue weighted by atomic mass is 10.1. The number of aromatic nitrogens is 2. The van der Waals surface area contributed by atoms with Gasteiger partial charge in [0.2, 0.25) is 0 Å². The first-order chi connectivity index (χ1) is 13.5. The third-order valence-electron chi connectivity index (χ3n) is 4.28. The summed E-state index contributed by atoms with van der Waals surface area (Å²) in [6, 6.07) is 14.9. The number of aryl methyl sites for hydroxylation is 2. The molecule has 0 bridgehead atoms. The number of hydrogen-bond donors (Lipinski definition) is 2. The molecule has 3 rings (SSSR count). The monoisotopic (exact) mass is 374 g/mol. The predicted molar refractivity (Wildman–Crippen MR) is 107 cm³/mol. The topological polar surface area (TPSA) is 84.0 Å². The minimum atomic E-state index is -0.157. The van der Waals surface area contributed by atoms with Gasteiger partial charge in [-0.3, -0.25) is 19.6 Å². The molecule has 0 radical (unpaired) electrons. The van der Waals surface area contributed by atoms with Crippen LogP contribution in [0.25, 0.3) is 0 Å². The zero-order valence-corrected chi connectivity index (χ0v) is 15.9. The minimum Gasteiger partial charge on any atom is -0.348 e. The molecule has 1 aromatic carbocycles. The fourth-order valence-corrected chi connectivity index (χ4v) is 2.55. The highest BCUT2D eigenvalue weighted by molar-refractivity contribution is 5.94. The van der Waals surface area contributed by atoms with Gasteiger partial charge in [0.1, 0.15) is 0 Å². The minimum absolute atomic E-state index is 0.157. The maximum Gasteiger partial charge on any atom is 0.253 e. The van der Waals surface area contributed by atoms with Crippen molar-refractivity contribution >= 4 is 11.8 Å². The van der Waals surface area contributed by atoms with Crippen molar-refractivity contribution in [3.8, 4) is 0 Å². The Morgan fingerprint density at radius 1 is 0.679 bits per heavy atom. The van der Waals surface area contributed by atoms with Gasteiger partial charge in [0.15, 0.2) is 0 Å². The molecule has 2 heterocycles. The number of carbonyl (C=O) groups is 2. The summed E-state index contributed by atoms with van der Waals surface area (Å²) in [6.07, 6.45) is 3.14. The summed E-state index contributed by atoms with van der Waals surface area (Å²) in [5.74, 6) is -0.314. The van der Waals surface area contributed by atoms with E-state index in [-0.39, 0.29) is 11.8 Å². The molecule has 2 amide bonds. The molecule has 6 heteroatoms. The van der Waals surface area contributed by atoms with Gasteiger partial charge in [-0.1, -0.05) is 24.3 Å². The van der Waals surface area contributed by atoms with E-state index in [4.69, 9.17) is 0 Å². The summed E-state index contributed by atoms with van der Waals surface area (Å²) >= 11 is 0. The molecule has 0 aliphatic rings. The lowest BCUT2D eigenvalue weighted by Gasteiger charge is -2.08. The molecule has 2 N–H and O–H groups in total. The third-order valence-corrected chi connectivity index (χ3v) is 4.28. The first-order valence-corrected chi connectivity index (χ1v) is 9.01. The van der Waals surface area contributed by atoms with E-state index in [0.29, 0.717) is 24.2 Å². The van der Waals surface area contributed by atoms with Crippen molar-refractivity contribution in [2.24, 2.45) is 0 Å². The van der Waals surface area contributed by atoms with E-state index in [2.05, 4.69) is 20.6 Å². The highest BCUT2D eigenvalue weighted by Gasteiger charge is 2.07. The quantitative estimate of drug-likeness (QED) is 0.695. The van der Waals surface area contributed by atoms with Crippen molar-refractivity contribution < 1.29 is 9.59 Å². The van der Waals surface area contributed by atoms with E-state index in [1.807, 2.05) is 50.2 Å². The van der Waals surface area contributed by atoms with Crippen molar-refractivity contribution in [2.45, 2.75) is 26.9 Å². The van der Waals surface area contributed by atoms with Crippen LogP contribution in [0.3, 0.4) is 0 Å². The highest BCUT2D eigenvalue weighted by atomic mass is 16.2. The summed E-state index contributed by atoms with van der Waals surface area (Å²) in [6.45, 7) is 4.61. The summed E-state index contributed by atoms with van der Waals surface area (Å²) in [5, 5.41) is 5.75. The molecule has 0 unspecified atom stereocenters. The van der Waals surface area contributed by atoms with Crippen LogP contribution in [0.4, 0.5) is 0 Å². The molecular formula is C22H22N4O2. The van der Waals surface area contributed by atoms with Gasteiger partial charge in [-0.05, 0) is 49.2 Å². The van der Waals surface area contributed by atoms with Gasteiger partial charge in [0.05, 0.1) is 11.1 Å². The van der Waals surface area contributed by atoms with Crippen molar-refractivity contribution in [3.05, 3.63) is 94.6 Å². The maximum atomic E-state index is 12.1. The van der Waals surface area contributed by atoms with Gasteiger partial charge in [-0.15, -0.1) is 0 Å². The summed E-state index contributed by atoms with van der Waals surface area (Å²) in [5.41, 5.74) is 4.78. The molecule has 0 aliphatic heterocycles. The molecule has 0 fully saturated rings. The van der Waals surface area contributed by atoms with Crippen LogP contribution in [0.2, 0.25) is 0 Å². The highest BCUT2D eigenvalue weighted by Crippen LogP contribution is 2.06. The van der Waals surface area contributed by atoms with Gasteiger partial charge in [-0.25, -0.2) is 0 Å². The molecule has 0 atom stereocenters. The predicted octanol–water partition coefficient (Wildman–Crippen LogP) is 2.95. The lowest BCUT2D eigenvalue weighted by Crippen LogP contribution is -2.23. The molecule has 0 spiro atoms. The fraction of sp³-hybridized carbons (Fsp3) is 0.182. The summed E-state index contributed by atoms with van der Waals surface area (Å²) in [7, 11) is 0. The fourth-order valence-electron chi connectivity index (χ4n) is 2.55. The van der Waals surface area contributed by atoms with Gasteiger partial charge >= 0.3 is 0 Å². The van der Waals surface area contributed by atoms with E-state index in [9.17, 15) is 9.59 Å². The Balaban J connectivity index is 1.49. The van der Waals surface area contributed by atoms with Crippen LogP contribution >= 0.6 is 0 Å². The van der Waals surface area contributed by atoms with Crippen LogP contribution in [0.1, 0.15) is 43.2 Å². The van der Waals surface area contributed by atoms with Crippen LogP contribution in [-0.4, -0.2) is 21.8 Å². The molecule has 6 nitrogen and oxygen atoms in total. The van der Waals surface area contributed by atoms with Crippen LogP contribution in [0, 0.1) is 13.8 Å². The second-order valence-corrected chi connectivity index (χ2v) is 6.56. The SMILES string of the molecule is Cc1ccc(C(=O)NCc2ccc(CNC(=O)c3ccc(C)nc3)cc2)cn1.